The number of esters is 1. The number of fused-ring (bicyclic) bond motifs is 2. The second-order valence-corrected chi connectivity index (χ2v) is 14.2. The van der Waals surface area contributed by atoms with Crippen molar-refractivity contribution in [3.63, 3.8) is 0 Å². The number of nitro benzene ring substituents is 1. The van der Waals surface area contributed by atoms with Crippen molar-refractivity contribution in [3.05, 3.63) is 49.1 Å². The van der Waals surface area contributed by atoms with E-state index in [0.717, 1.165) is 34.6 Å². The molecule has 2 amide bonds. The Balaban J connectivity index is 1.53. The molecule has 43 heavy (non-hydrogen) atoms. The standard InChI is InChI=1S/C27H32N4O9S3/c1-4-39-11-10-30-19-9-7-17(31(35)36)13-21(19)42-27(30)29-23(33)15-43(37,38)14-22(32)28-25-24(26(34)40-5-2)18-8-6-16(3)12-20(18)41-25/h7,9,13,16H,4-6,8,10-12,14-15H2,1-3H3,(H,28,32). The summed E-state index contributed by atoms with van der Waals surface area (Å²) in [4.78, 5) is 54.1. The first-order valence-corrected chi connectivity index (χ1v) is 17.1. The summed E-state index contributed by atoms with van der Waals surface area (Å²) in [5, 5.41) is 14.0. The first kappa shape index (κ1) is 32.4. The summed E-state index contributed by atoms with van der Waals surface area (Å²) in [5.41, 5.74) is 1.52. The summed E-state index contributed by atoms with van der Waals surface area (Å²) in [7, 11) is -4.24. The predicted molar refractivity (Wildman–Crippen MR) is 162 cm³/mol. The lowest BCUT2D eigenvalue weighted by atomic mass is 9.88. The zero-order valence-corrected chi connectivity index (χ0v) is 26.4. The minimum Gasteiger partial charge on any atom is -0.462 e. The van der Waals surface area contributed by atoms with Gasteiger partial charge in [0.1, 0.15) is 16.5 Å². The van der Waals surface area contributed by atoms with Crippen LogP contribution in [0.5, 0.6) is 0 Å². The summed E-state index contributed by atoms with van der Waals surface area (Å²) < 4.78 is 38.4. The molecular formula is C27H32N4O9S3. The van der Waals surface area contributed by atoms with Crippen LogP contribution in [0.3, 0.4) is 0 Å². The number of hydrogen-bond acceptors (Lipinski definition) is 11. The monoisotopic (exact) mass is 652 g/mol. The van der Waals surface area contributed by atoms with Crippen molar-refractivity contribution in [3.8, 4) is 0 Å². The van der Waals surface area contributed by atoms with E-state index in [1.54, 1.807) is 11.5 Å². The molecule has 13 nitrogen and oxygen atoms in total. The Morgan fingerprint density at radius 2 is 1.95 bits per heavy atom. The second-order valence-electron chi connectivity index (χ2n) is 10.0. The molecule has 1 N–H and O–H groups in total. The Hall–Kier alpha value is -3.47. The predicted octanol–water partition coefficient (Wildman–Crippen LogP) is 3.49. The number of non-ortho nitro benzene ring substituents is 1. The molecule has 0 saturated heterocycles. The Labute approximate surface area is 255 Å². The lowest BCUT2D eigenvalue weighted by molar-refractivity contribution is -0.384. The van der Waals surface area contributed by atoms with Gasteiger partial charge in [0.2, 0.25) is 5.91 Å². The third-order valence-corrected chi connectivity index (χ3v) is 10.3. The maximum atomic E-state index is 12.8. The number of aromatic nitrogens is 1. The van der Waals surface area contributed by atoms with E-state index in [2.05, 4.69) is 17.2 Å². The molecular weight excluding hydrogens is 621 g/mol. The number of rotatable bonds is 12. The Morgan fingerprint density at radius 1 is 1.19 bits per heavy atom. The van der Waals surface area contributed by atoms with Crippen molar-refractivity contribution >= 4 is 71.2 Å². The van der Waals surface area contributed by atoms with Crippen LogP contribution in [0.4, 0.5) is 10.7 Å². The van der Waals surface area contributed by atoms with Crippen LogP contribution in [-0.4, -0.2) is 67.0 Å². The maximum Gasteiger partial charge on any atom is 0.341 e. The van der Waals surface area contributed by atoms with Gasteiger partial charge in [0.25, 0.3) is 11.6 Å². The fraction of sp³-hybridized carbons (Fsp3) is 0.481. The SMILES string of the molecule is CCOCCn1c(=NC(=O)CS(=O)(=O)CC(=O)Nc2sc3c(c2C(=O)OCC)CCC(C)C3)sc2cc([N+](=O)[O-])ccc21. The molecule has 2 aromatic heterocycles. The van der Waals surface area contributed by atoms with Gasteiger partial charge in [-0.25, -0.2) is 13.2 Å². The van der Waals surface area contributed by atoms with Gasteiger partial charge in [0.05, 0.1) is 33.9 Å². The van der Waals surface area contributed by atoms with Crippen molar-refractivity contribution in [2.45, 2.75) is 46.6 Å². The normalized spacial score (nSPS) is 15.3. The van der Waals surface area contributed by atoms with Crippen LogP contribution in [0.1, 0.15) is 48.0 Å². The number of carbonyl (C=O) groups excluding carboxylic acids is 3. The summed E-state index contributed by atoms with van der Waals surface area (Å²) in [5.74, 6) is -4.05. The van der Waals surface area contributed by atoms with E-state index in [1.165, 1.54) is 29.5 Å². The average molecular weight is 653 g/mol. The number of nitro groups is 1. The maximum absolute atomic E-state index is 12.8. The van der Waals surface area contributed by atoms with E-state index in [0.29, 0.717) is 29.2 Å². The van der Waals surface area contributed by atoms with Gasteiger partial charge in [-0.3, -0.25) is 19.7 Å². The summed E-state index contributed by atoms with van der Waals surface area (Å²) >= 11 is 2.24. The van der Waals surface area contributed by atoms with Gasteiger partial charge in [0, 0.05) is 30.2 Å². The Bertz CT molecular complexity index is 1740. The third-order valence-electron chi connectivity index (χ3n) is 6.70. The third kappa shape index (κ3) is 7.93. The van der Waals surface area contributed by atoms with Gasteiger partial charge in [-0.1, -0.05) is 18.3 Å². The molecule has 0 aliphatic heterocycles. The number of hydrogen-bond donors (Lipinski definition) is 1. The van der Waals surface area contributed by atoms with Crippen LogP contribution < -0.4 is 10.1 Å². The average Bonchev–Trinajstić information content (AvgIpc) is 3.44. The molecule has 1 unspecified atom stereocenters. The Morgan fingerprint density at radius 3 is 2.65 bits per heavy atom. The van der Waals surface area contributed by atoms with E-state index in [-0.39, 0.29) is 40.8 Å². The number of carbonyl (C=O) groups is 3. The number of sulfone groups is 1. The molecule has 0 radical (unpaired) electrons. The molecule has 1 aliphatic carbocycles. The van der Waals surface area contributed by atoms with E-state index >= 15 is 0 Å². The molecule has 0 spiro atoms. The topological polar surface area (TPSA) is 176 Å². The van der Waals surface area contributed by atoms with Gasteiger partial charge in [0.15, 0.2) is 14.6 Å². The number of thiazole rings is 1. The number of thiophene rings is 1. The van der Waals surface area contributed by atoms with E-state index in [1.807, 2.05) is 6.92 Å². The molecule has 0 saturated carbocycles. The number of nitrogens with zero attached hydrogens (tertiary/aromatic N) is 3. The number of nitrogens with one attached hydrogen (secondary N) is 1. The van der Waals surface area contributed by atoms with Crippen molar-refractivity contribution in [2.24, 2.45) is 10.9 Å². The van der Waals surface area contributed by atoms with Gasteiger partial charge in [-0.05, 0) is 50.7 Å². The van der Waals surface area contributed by atoms with Crippen molar-refractivity contribution in [1.82, 2.24) is 4.57 Å². The molecule has 2 heterocycles. The zero-order chi connectivity index (χ0) is 31.3. The second kappa shape index (κ2) is 13.9. The van der Waals surface area contributed by atoms with Crippen LogP contribution in [0, 0.1) is 16.0 Å². The first-order chi connectivity index (χ1) is 20.4. The number of benzene rings is 1. The van der Waals surface area contributed by atoms with Crippen molar-refractivity contribution in [2.75, 3.05) is 36.6 Å². The molecule has 3 aromatic rings. The van der Waals surface area contributed by atoms with Gasteiger partial charge >= 0.3 is 5.97 Å². The van der Waals surface area contributed by atoms with Crippen LogP contribution in [0.25, 0.3) is 10.2 Å². The van der Waals surface area contributed by atoms with E-state index in [9.17, 15) is 32.9 Å². The van der Waals surface area contributed by atoms with Crippen LogP contribution in [-0.2, 0) is 48.3 Å². The zero-order valence-electron chi connectivity index (χ0n) is 23.9. The molecule has 0 bridgehead atoms. The highest BCUT2D eigenvalue weighted by Gasteiger charge is 2.30. The minimum absolute atomic E-state index is 0.135. The van der Waals surface area contributed by atoms with Gasteiger partial charge < -0.3 is 19.4 Å². The lowest BCUT2D eigenvalue weighted by Crippen LogP contribution is -2.28. The molecule has 1 aliphatic rings. The quantitative estimate of drug-likeness (QED) is 0.133. The van der Waals surface area contributed by atoms with Crippen LogP contribution >= 0.6 is 22.7 Å². The van der Waals surface area contributed by atoms with Crippen LogP contribution in [0.15, 0.2) is 23.2 Å². The molecule has 16 heteroatoms. The highest BCUT2D eigenvalue weighted by molar-refractivity contribution is 7.92. The highest BCUT2D eigenvalue weighted by Crippen LogP contribution is 2.40. The van der Waals surface area contributed by atoms with Gasteiger partial charge in [-0.2, -0.15) is 4.99 Å². The highest BCUT2D eigenvalue weighted by atomic mass is 32.2. The minimum atomic E-state index is -4.24. The summed E-state index contributed by atoms with van der Waals surface area (Å²) in [6.07, 6.45) is 2.28. The molecule has 232 valence electrons. The molecule has 1 atom stereocenters. The molecule has 4 rings (SSSR count). The van der Waals surface area contributed by atoms with Crippen LogP contribution in [0.2, 0.25) is 0 Å². The fourth-order valence-electron chi connectivity index (χ4n) is 4.78. The van der Waals surface area contributed by atoms with E-state index in [4.69, 9.17) is 9.47 Å². The number of anilines is 1. The summed E-state index contributed by atoms with van der Waals surface area (Å²) in [6, 6.07) is 4.22. The largest absolute Gasteiger partial charge is 0.462 e. The van der Waals surface area contributed by atoms with Crippen molar-refractivity contribution < 1.29 is 37.2 Å². The molecule has 0 fully saturated rings. The Kier molecular flexibility index (Phi) is 10.5. The number of amides is 2. The smallest absolute Gasteiger partial charge is 0.341 e. The number of ether oxygens (including phenoxy) is 2. The first-order valence-electron chi connectivity index (χ1n) is 13.7. The summed E-state index contributed by atoms with van der Waals surface area (Å²) in [6.45, 7) is 6.75. The fourth-order valence-corrected chi connectivity index (χ4v) is 8.31. The van der Waals surface area contributed by atoms with Crippen molar-refractivity contribution in [1.29, 1.82) is 0 Å². The lowest BCUT2D eigenvalue weighted by Gasteiger charge is -2.18. The van der Waals surface area contributed by atoms with E-state index < -0.39 is 44.0 Å². The molecule has 1 aromatic carbocycles. The van der Waals surface area contributed by atoms with Gasteiger partial charge in [-0.15, -0.1) is 11.3 Å².